The molecule has 0 bridgehead atoms. The van der Waals surface area contributed by atoms with Crippen LogP contribution in [-0.4, -0.2) is 16.9 Å². The van der Waals surface area contributed by atoms with Crippen LogP contribution in [0.2, 0.25) is 0 Å². The number of hydrogen-bond acceptors (Lipinski definition) is 2. The van der Waals surface area contributed by atoms with E-state index >= 15 is 0 Å². The largest absolute Gasteiger partial charge is 0.369 e. The van der Waals surface area contributed by atoms with Gasteiger partial charge < -0.3 is 5.73 Å². The van der Waals surface area contributed by atoms with E-state index in [2.05, 4.69) is 0 Å². The van der Waals surface area contributed by atoms with Gasteiger partial charge in [0.15, 0.2) is 0 Å². The van der Waals surface area contributed by atoms with Gasteiger partial charge in [0, 0.05) is 0 Å². The van der Waals surface area contributed by atoms with Crippen LogP contribution in [0.1, 0.15) is 20.8 Å². The van der Waals surface area contributed by atoms with E-state index in [1.54, 1.807) is 11.8 Å². The van der Waals surface area contributed by atoms with Crippen molar-refractivity contribution in [3.05, 3.63) is 0 Å². The topological polar surface area (TPSA) is 43.1 Å². The highest BCUT2D eigenvalue weighted by atomic mass is 32.2. The van der Waals surface area contributed by atoms with Gasteiger partial charge in [-0.3, -0.25) is 4.79 Å². The van der Waals surface area contributed by atoms with Crippen LogP contribution in [0.3, 0.4) is 0 Å². The van der Waals surface area contributed by atoms with Crippen LogP contribution in [0.5, 0.6) is 0 Å². The van der Waals surface area contributed by atoms with Crippen molar-refractivity contribution in [1.29, 1.82) is 0 Å². The standard InChI is InChI=1S/C7H15NOS/c1-4-10-6(5(2)3)7(8)9/h5-6H,4H2,1-3H3,(H2,8,9). The Morgan fingerprint density at radius 1 is 1.60 bits per heavy atom. The molecule has 3 heteroatoms. The highest BCUT2D eigenvalue weighted by molar-refractivity contribution is 8.00. The zero-order valence-electron chi connectivity index (χ0n) is 6.76. The van der Waals surface area contributed by atoms with Gasteiger partial charge in [0.05, 0.1) is 5.25 Å². The summed E-state index contributed by atoms with van der Waals surface area (Å²) in [5.41, 5.74) is 5.16. The lowest BCUT2D eigenvalue weighted by Crippen LogP contribution is -2.30. The minimum Gasteiger partial charge on any atom is -0.369 e. The molecule has 0 aromatic carbocycles. The molecule has 0 aromatic rings. The lowest BCUT2D eigenvalue weighted by Gasteiger charge is -2.14. The zero-order chi connectivity index (χ0) is 8.15. The Balaban J connectivity index is 3.85. The van der Waals surface area contributed by atoms with Gasteiger partial charge in [-0.05, 0) is 11.7 Å². The average Bonchev–Trinajstić information content (AvgIpc) is 1.81. The number of primary amides is 1. The fourth-order valence-electron chi connectivity index (χ4n) is 0.783. The van der Waals surface area contributed by atoms with Gasteiger partial charge in [-0.1, -0.05) is 20.8 Å². The quantitative estimate of drug-likeness (QED) is 0.674. The normalized spacial score (nSPS) is 13.6. The molecule has 0 aliphatic carbocycles. The molecule has 1 atom stereocenters. The van der Waals surface area contributed by atoms with Gasteiger partial charge in [0.25, 0.3) is 0 Å². The van der Waals surface area contributed by atoms with E-state index in [1.807, 2.05) is 20.8 Å². The summed E-state index contributed by atoms with van der Waals surface area (Å²) in [5, 5.41) is -0.00926. The van der Waals surface area contributed by atoms with Crippen molar-refractivity contribution in [3.8, 4) is 0 Å². The third kappa shape index (κ3) is 3.11. The third-order valence-corrected chi connectivity index (χ3v) is 2.70. The number of nitrogens with two attached hydrogens (primary N) is 1. The van der Waals surface area contributed by atoms with Gasteiger partial charge in [-0.25, -0.2) is 0 Å². The summed E-state index contributed by atoms with van der Waals surface area (Å²) in [7, 11) is 0. The maximum Gasteiger partial charge on any atom is 0.230 e. The fourth-order valence-corrected chi connectivity index (χ4v) is 1.69. The summed E-state index contributed by atoms with van der Waals surface area (Å²) in [6.07, 6.45) is 0. The lowest BCUT2D eigenvalue weighted by atomic mass is 10.1. The third-order valence-electron chi connectivity index (χ3n) is 1.23. The van der Waals surface area contributed by atoms with E-state index in [0.717, 1.165) is 5.75 Å². The van der Waals surface area contributed by atoms with Crippen LogP contribution in [0.4, 0.5) is 0 Å². The van der Waals surface area contributed by atoms with Crippen molar-refractivity contribution in [1.82, 2.24) is 0 Å². The first-order valence-electron chi connectivity index (χ1n) is 3.50. The minimum absolute atomic E-state index is 0.00926. The number of amides is 1. The monoisotopic (exact) mass is 161 g/mol. The molecule has 10 heavy (non-hydrogen) atoms. The first kappa shape index (κ1) is 9.82. The van der Waals surface area contributed by atoms with Gasteiger partial charge in [0.2, 0.25) is 5.91 Å². The first-order valence-corrected chi connectivity index (χ1v) is 4.55. The summed E-state index contributed by atoms with van der Waals surface area (Å²) in [6.45, 7) is 6.05. The van der Waals surface area contributed by atoms with E-state index < -0.39 is 0 Å². The molecule has 0 aliphatic heterocycles. The Morgan fingerprint density at radius 2 is 2.10 bits per heavy atom. The minimum atomic E-state index is -0.193. The van der Waals surface area contributed by atoms with Crippen molar-refractivity contribution in [2.24, 2.45) is 11.7 Å². The second-order valence-corrected chi connectivity index (χ2v) is 3.94. The highest BCUT2D eigenvalue weighted by Gasteiger charge is 2.18. The summed E-state index contributed by atoms with van der Waals surface area (Å²) < 4.78 is 0. The molecule has 1 unspecified atom stereocenters. The molecule has 0 radical (unpaired) electrons. The molecule has 2 nitrogen and oxygen atoms in total. The van der Waals surface area contributed by atoms with E-state index in [1.165, 1.54) is 0 Å². The Labute approximate surface area is 66.6 Å². The predicted molar refractivity (Wildman–Crippen MR) is 46.0 cm³/mol. The smallest absolute Gasteiger partial charge is 0.230 e. The van der Waals surface area contributed by atoms with Crippen LogP contribution in [0, 0.1) is 5.92 Å². The Kier molecular flexibility index (Phi) is 4.52. The van der Waals surface area contributed by atoms with Crippen LogP contribution in [-0.2, 0) is 4.79 Å². The summed E-state index contributed by atoms with van der Waals surface area (Å²) in [4.78, 5) is 10.7. The molecule has 2 N–H and O–H groups in total. The maximum atomic E-state index is 10.7. The van der Waals surface area contributed by atoms with Crippen molar-refractivity contribution in [3.63, 3.8) is 0 Å². The Hall–Kier alpha value is -0.180. The SMILES string of the molecule is CCSC(C(N)=O)C(C)C. The van der Waals surface area contributed by atoms with Crippen LogP contribution < -0.4 is 5.73 Å². The molecule has 0 saturated carbocycles. The molecule has 60 valence electrons. The summed E-state index contributed by atoms with van der Waals surface area (Å²) in [5.74, 6) is 1.11. The number of carbonyl (C=O) groups excluding carboxylic acids is 1. The number of thioether (sulfide) groups is 1. The van der Waals surface area contributed by atoms with Gasteiger partial charge >= 0.3 is 0 Å². The number of hydrogen-bond donors (Lipinski definition) is 1. The highest BCUT2D eigenvalue weighted by Crippen LogP contribution is 2.17. The molecule has 0 saturated heterocycles. The molecule has 1 amide bonds. The second-order valence-electron chi connectivity index (χ2n) is 2.52. The van der Waals surface area contributed by atoms with Gasteiger partial charge in [-0.15, -0.1) is 11.8 Å². The van der Waals surface area contributed by atoms with Crippen molar-refractivity contribution in [2.75, 3.05) is 5.75 Å². The first-order chi connectivity index (χ1) is 4.59. The van der Waals surface area contributed by atoms with E-state index in [9.17, 15) is 4.79 Å². The van der Waals surface area contributed by atoms with Crippen LogP contribution >= 0.6 is 11.8 Å². The number of carbonyl (C=O) groups is 1. The van der Waals surface area contributed by atoms with Gasteiger partial charge in [0.1, 0.15) is 0 Å². The van der Waals surface area contributed by atoms with Gasteiger partial charge in [-0.2, -0.15) is 0 Å². The molecule has 0 aliphatic rings. The molecule has 0 fully saturated rings. The van der Waals surface area contributed by atoms with Crippen LogP contribution in [0.25, 0.3) is 0 Å². The fraction of sp³-hybridized carbons (Fsp3) is 0.857. The Bertz CT molecular complexity index is 114. The molecule has 0 aromatic heterocycles. The van der Waals surface area contributed by atoms with Crippen molar-refractivity contribution in [2.45, 2.75) is 26.0 Å². The Morgan fingerprint density at radius 3 is 2.20 bits per heavy atom. The summed E-state index contributed by atoms with van der Waals surface area (Å²) in [6, 6.07) is 0. The van der Waals surface area contributed by atoms with Crippen molar-refractivity contribution < 1.29 is 4.79 Å². The average molecular weight is 161 g/mol. The molecular formula is C7H15NOS. The zero-order valence-corrected chi connectivity index (χ0v) is 7.57. The molecule has 0 heterocycles. The maximum absolute atomic E-state index is 10.7. The van der Waals surface area contributed by atoms with E-state index in [4.69, 9.17) is 5.73 Å². The van der Waals surface area contributed by atoms with Crippen LogP contribution in [0.15, 0.2) is 0 Å². The lowest BCUT2D eigenvalue weighted by molar-refractivity contribution is -0.118. The molecular weight excluding hydrogens is 146 g/mol. The van der Waals surface area contributed by atoms with Crippen molar-refractivity contribution >= 4 is 17.7 Å². The number of rotatable bonds is 4. The molecule has 0 rings (SSSR count). The van der Waals surface area contributed by atoms with E-state index in [-0.39, 0.29) is 11.2 Å². The summed E-state index contributed by atoms with van der Waals surface area (Å²) >= 11 is 1.62. The second kappa shape index (κ2) is 4.61. The molecule has 0 spiro atoms. The van der Waals surface area contributed by atoms with E-state index in [0.29, 0.717) is 5.92 Å². The predicted octanol–water partition coefficient (Wildman–Crippen LogP) is 1.25.